The van der Waals surface area contributed by atoms with Crippen molar-refractivity contribution in [3.8, 4) is 5.75 Å². The lowest BCUT2D eigenvalue weighted by molar-refractivity contribution is 0.132. The molecule has 0 saturated carbocycles. The lowest BCUT2D eigenvalue weighted by Crippen LogP contribution is -2.39. The summed E-state index contributed by atoms with van der Waals surface area (Å²) < 4.78 is 5.24. The molecule has 1 aliphatic heterocycles. The average molecular weight is 339 g/mol. The molecule has 0 radical (unpaired) electrons. The van der Waals surface area contributed by atoms with Crippen LogP contribution in [0, 0.1) is 0 Å². The highest BCUT2D eigenvalue weighted by molar-refractivity contribution is 5.27. The molecule has 134 valence electrons. The molecule has 4 nitrogen and oxygen atoms in total. The Morgan fingerprint density at radius 3 is 2.52 bits per heavy atom. The van der Waals surface area contributed by atoms with Crippen LogP contribution >= 0.6 is 0 Å². The third-order valence-corrected chi connectivity index (χ3v) is 5.14. The number of likely N-dealkylation sites (tertiary alicyclic amines) is 1. The van der Waals surface area contributed by atoms with Gasteiger partial charge in [0.05, 0.1) is 7.11 Å². The number of rotatable bonds is 7. The molecule has 0 unspecified atom stereocenters. The molecule has 2 aromatic rings. The summed E-state index contributed by atoms with van der Waals surface area (Å²) in [6.07, 6.45) is 11.2. The van der Waals surface area contributed by atoms with E-state index in [9.17, 15) is 0 Å². The Balaban J connectivity index is 1.57. The second kappa shape index (κ2) is 8.95. The van der Waals surface area contributed by atoms with Crippen LogP contribution < -0.4 is 4.74 Å². The van der Waals surface area contributed by atoms with E-state index in [4.69, 9.17) is 4.74 Å². The van der Waals surface area contributed by atoms with Crippen molar-refractivity contribution in [2.24, 2.45) is 0 Å². The van der Waals surface area contributed by atoms with Crippen LogP contribution in [0.2, 0.25) is 0 Å². The molecule has 1 fully saturated rings. The third kappa shape index (κ3) is 5.02. The highest BCUT2D eigenvalue weighted by atomic mass is 16.5. The number of nitrogens with zero attached hydrogens (tertiary/aromatic N) is 3. The van der Waals surface area contributed by atoms with E-state index in [1.165, 1.54) is 43.4 Å². The fourth-order valence-electron chi connectivity index (χ4n) is 3.60. The molecule has 0 spiro atoms. The molecule has 0 bridgehead atoms. The highest BCUT2D eigenvalue weighted by Gasteiger charge is 2.22. The van der Waals surface area contributed by atoms with Gasteiger partial charge in [0.2, 0.25) is 0 Å². The summed E-state index contributed by atoms with van der Waals surface area (Å²) in [6.45, 7) is 4.24. The smallest absolute Gasteiger partial charge is 0.127 e. The van der Waals surface area contributed by atoms with Crippen molar-refractivity contribution in [1.82, 2.24) is 14.9 Å². The van der Waals surface area contributed by atoms with Crippen molar-refractivity contribution >= 4 is 0 Å². The zero-order chi connectivity index (χ0) is 17.5. The van der Waals surface area contributed by atoms with E-state index in [-0.39, 0.29) is 0 Å². The van der Waals surface area contributed by atoms with E-state index in [1.54, 1.807) is 7.11 Å². The SMILES string of the molecule is CCc1ncc(CN2CCCC[C@@H]2CCc2ccc(OC)cc2)cn1. The first-order chi connectivity index (χ1) is 12.3. The molecule has 1 aromatic heterocycles. The minimum absolute atomic E-state index is 0.654. The number of piperidine rings is 1. The molecule has 0 aliphatic carbocycles. The molecule has 1 atom stereocenters. The molecule has 1 saturated heterocycles. The summed E-state index contributed by atoms with van der Waals surface area (Å²) in [6, 6.07) is 9.13. The number of aromatic nitrogens is 2. The lowest BCUT2D eigenvalue weighted by Gasteiger charge is -2.35. The van der Waals surface area contributed by atoms with Crippen LogP contribution in [0.25, 0.3) is 0 Å². The second-order valence-corrected chi connectivity index (χ2v) is 6.87. The summed E-state index contributed by atoms with van der Waals surface area (Å²) in [4.78, 5) is 11.5. The number of benzene rings is 1. The molecule has 4 heteroatoms. The van der Waals surface area contributed by atoms with Crippen LogP contribution in [0.4, 0.5) is 0 Å². The Labute approximate surface area is 151 Å². The highest BCUT2D eigenvalue weighted by Crippen LogP contribution is 2.23. The Morgan fingerprint density at radius 2 is 1.84 bits per heavy atom. The van der Waals surface area contributed by atoms with Gasteiger partial charge >= 0.3 is 0 Å². The summed E-state index contributed by atoms with van der Waals surface area (Å²) >= 11 is 0. The van der Waals surface area contributed by atoms with Crippen LogP contribution in [0.3, 0.4) is 0 Å². The number of hydrogen-bond donors (Lipinski definition) is 0. The van der Waals surface area contributed by atoms with Gasteiger partial charge in [-0.2, -0.15) is 0 Å². The van der Waals surface area contributed by atoms with Gasteiger partial charge in [-0.1, -0.05) is 25.5 Å². The van der Waals surface area contributed by atoms with Crippen molar-refractivity contribution < 1.29 is 4.74 Å². The third-order valence-electron chi connectivity index (χ3n) is 5.14. The quantitative estimate of drug-likeness (QED) is 0.763. The lowest BCUT2D eigenvalue weighted by atomic mass is 9.95. The summed E-state index contributed by atoms with van der Waals surface area (Å²) in [5.41, 5.74) is 2.62. The fraction of sp³-hybridized carbons (Fsp3) is 0.524. The van der Waals surface area contributed by atoms with Gasteiger partial charge in [-0.05, 0) is 49.9 Å². The van der Waals surface area contributed by atoms with Crippen molar-refractivity contribution in [2.75, 3.05) is 13.7 Å². The minimum Gasteiger partial charge on any atom is -0.497 e. The predicted octanol–water partition coefficient (Wildman–Crippen LogP) is 4.03. The fourth-order valence-corrected chi connectivity index (χ4v) is 3.60. The Morgan fingerprint density at radius 1 is 1.08 bits per heavy atom. The Hall–Kier alpha value is -1.94. The molecular formula is C21H29N3O. The second-order valence-electron chi connectivity index (χ2n) is 6.87. The Bertz CT molecular complexity index is 639. The van der Waals surface area contributed by atoms with E-state index < -0.39 is 0 Å². The van der Waals surface area contributed by atoms with E-state index in [1.807, 2.05) is 12.4 Å². The van der Waals surface area contributed by atoms with Gasteiger partial charge in [0.1, 0.15) is 11.6 Å². The van der Waals surface area contributed by atoms with Gasteiger partial charge in [-0.15, -0.1) is 0 Å². The maximum absolute atomic E-state index is 5.24. The molecule has 2 heterocycles. The molecule has 3 rings (SSSR count). The van der Waals surface area contributed by atoms with E-state index in [0.29, 0.717) is 6.04 Å². The van der Waals surface area contributed by atoms with Gasteiger partial charge in [-0.25, -0.2) is 9.97 Å². The normalized spacial score (nSPS) is 18.2. The van der Waals surface area contributed by atoms with Gasteiger partial charge < -0.3 is 4.74 Å². The first-order valence-electron chi connectivity index (χ1n) is 9.45. The van der Waals surface area contributed by atoms with Crippen molar-refractivity contribution in [2.45, 2.75) is 58.0 Å². The molecule has 0 N–H and O–H groups in total. The number of methoxy groups -OCH3 is 1. The summed E-state index contributed by atoms with van der Waals surface area (Å²) in [7, 11) is 1.71. The van der Waals surface area contributed by atoms with Crippen LogP contribution in [0.5, 0.6) is 5.75 Å². The average Bonchev–Trinajstić information content (AvgIpc) is 2.68. The van der Waals surface area contributed by atoms with Gasteiger partial charge in [-0.3, -0.25) is 4.90 Å². The minimum atomic E-state index is 0.654. The zero-order valence-corrected chi connectivity index (χ0v) is 15.4. The van der Waals surface area contributed by atoms with Crippen LogP contribution in [0.1, 0.15) is 49.6 Å². The molecular weight excluding hydrogens is 310 g/mol. The van der Waals surface area contributed by atoms with E-state index in [0.717, 1.165) is 31.0 Å². The zero-order valence-electron chi connectivity index (χ0n) is 15.4. The molecule has 25 heavy (non-hydrogen) atoms. The molecule has 0 amide bonds. The summed E-state index contributed by atoms with van der Waals surface area (Å²) in [5.74, 6) is 1.86. The first-order valence-corrected chi connectivity index (χ1v) is 9.45. The van der Waals surface area contributed by atoms with Gasteiger partial charge in [0.15, 0.2) is 0 Å². The van der Waals surface area contributed by atoms with Crippen LogP contribution in [-0.4, -0.2) is 34.6 Å². The Kier molecular flexibility index (Phi) is 6.40. The summed E-state index contributed by atoms with van der Waals surface area (Å²) in [5, 5.41) is 0. The first kappa shape index (κ1) is 17.9. The van der Waals surface area contributed by atoms with Crippen molar-refractivity contribution in [3.63, 3.8) is 0 Å². The van der Waals surface area contributed by atoms with Crippen molar-refractivity contribution in [3.05, 3.63) is 53.6 Å². The van der Waals surface area contributed by atoms with E-state index in [2.05, 4.69) is 46.1 Å². The molecule has 1 aromatic carbocycles. The van der Waals surface area contributed by atoms with Gasteiger partial charge in [0, 0.05) is 37.0 Å². The van der Waals surface area contributed by atoms with Crippen molar-refractivity contribution in [1.29, 1.82) is 0 Å². The topological polar surface area (TPSA) is 38.2 Å². The van der Waals surface area contributed by atoms with Gasteiger partial charge in [0.25, 0.3) is 0 Å². The predicted molar refractivity (Wildman–Crippen MR) is 101 cm³/mol. The number of ether oxygens (including phenoxy) is 1. The molecule has 1 aliphatic rings. The number of hydrogen-bond acceptors (Lipinski definition) is 4. The van der Waals surface area contributed by atoms with Crippen LogP contribution in [-0.2, 0) is 19.4 Å². The maximum Gasteiger partial charge on any atom is 0.127 e. The standard InChI is InChI=1S/C21H29N3O/c1-3-21-22-14-18(15-23-21)16-24-13-5-4-6-19(24)10-7-17-8-11-20(25-2)12-9-17/h8-9,11-12,14-15,19H,3-7,10,13,16H2,1-2H3/t19-/m1/s1. The van der Waals surface area contributed by atoms with E-state index >= 15 is 0 Å². The van der Waals surface area contributed by atoms with Crippen LogP contribution in [0.15, 0.2) is 36.7 Å². The number of aryl methyl sites for hydroxylation is 2. The maximum atomic E-state index is 5.24. The largest absolute Gasteiger partial charge is 0.497 e. The monoisotopic (exact) mass is 339 g/mol.